The van der Waals surface area contributed by atoms with Crippen LogP contribution in [-0.2, 0) is 0 Å². The molecule has 0 saturated carbocycles. The lowest BCUT2D eigenvalue weighted by Gasteiger charge is -1.99. The molecule has 1 aliphatic heterocycles. The van der Waals surface area contributed by atoms with E-state index >= 15 is 0 Å². The van der Waals surface area contributed by atoms with Gasteiger partial charge >= 0.3 is 0 Å². The maximum atomic E-state index is 8.06. The van der Waals surface area contributed by atoms with Crippen LogP contribution in [0.3, 0.4) is 0 Å². The van der Waals surface area contributed by atoms with E-state index in [1.165, 1.54) is 11.1 Å². The van der Waals surface area contributed by atoms with Gasteiger partial charge in [0.25, 0.3) is 0 Å². The van der Waals surface area contributed by atoms with E-state index in [1.54, 1.807) is 13.8 Å². The average molecular weight is 205 g/mol. The van der Waals surface area contributed by atoms with Gasteiger partial charge < -0.3 is 10.4 Å². The van der Waals surface area contributed by atoms with Crippen molar-refractivity contribution in [3.63, 3.8) is 0 Å². The molecular weight excluding hydrogens is 186 g/mol. The van der Waals surface area contributed by atoms with Gasteiger partial charge in [0.1, 0.15) is 0 Å². The van der Waals surface area contributed by atoms with Crippen LogP contribution in [0.5, 0.6) is 0 Å². The van der Waals surface area contributed by atoms with Crippen molar-refractivity contribution in [2.45, 2.75) is 20.0 Å². The molecule has 0 radical (unpaired) electrons. The summed E-state index contributed by atoms with van der Waals surface area (Å²) in [5.41, 5.74) is 2.77. The fourth-order valence-electron chi connectivity index (χ4n) is 1.35. The number of hydrogen-bond acceptors (Lipinski definition) is 2. The Balaban J connectivity index is 0.000000245. The molecule has 1 aromatic carbocycles. The minimum atomic E-state index is -0.167. The smallest absolute Gasteiger partial charge is 0.0483 e. The van der Waals surface area contributed by atoms with Crippen molar-refractivity contribution >= 4 is 5.57 Å². The van der Waals surface area contributed by atoms with E-state index in [0.717, 1.165) is 13.1 Å². The Hall–Kier alpha value is -1.12. The first kappa shape index (κ1) is 12.0. The lowest BCUT2D eigenvalue weighted by molar-refractivity contribution is 0.216. The maximum absolute atomic E-state index is 8.06. The van der Waals surface area contributed by atoms with Gasteiger partial charge in [-0.25, -0.2) is 0 Å². The first-order chi connectivity index (χ1) is 7.20. The Kier molecular flexibility index (Phi) is 5.08. The highest BCUT2D eigenvalue weighted by molar-refractivity contribution is 5.68. The summed E-state index contributed by atoms with van der Waals surface area (Å²) in [6.07, 6.45) is 2.08. The van der Waals surface area contributed by atoms with Crippen LogP contribution in [0.4, 0.5) is 0 Å². The van der Waals surface area contributed by atoms with E-state index in [4.69, 9.17) is 5.11 Å². The van der Waals surface area contributed by atoms with Gasteiger partial charge in [0.05, 0.1) is 0 Å². The number of aliphatic hydroxyl groups is 1. The van der Waals surface area contributed by atoms with Gasteiger partial charge in [-0.2, -0.15) is 0 Å². The summed E-state index contributed by atoms with van der Waals surface area (Å²) >= 11 is 0. The van der Waals surface area contributed by atoms with Crippen LogP contribution in [0.2, 0.25) is 0 Å². The molecule has 0 amide bonds. The van der Waals surface area contributed by atoms with Gasteiger partial charge in [-0.1, -0.05) is 36.4 Å². The Bertz CT molecular complexity index is 301. The van der Waals surface area contributed by atoms with Crippen LogP contribution in [0.25, 0.3) is 5.57 Å². The summed E-state index contributed by atoms with van der Waals surface area (Å²) in [6.45, 7) is 5.48. The fraction of sp³-hybridized carbons (Fsp3) is 0.385. The summed E-state index contributed by atoms with van der Waals surface area (Å²) in [5.74, 6) is 0. The molecule has 0 aliphatic carbocycles. The predicted octanol–water partition coefficient (Wildman–Crippen LogP) is 2.06. The number of hydrogen-bond donors (Lipinski definition) is 2. The minimum Gasteiger partial charge on any atom is -0.394 e. The molecule has 2 rings (SSSR count). The zero-order valence-corrected chi connectivity index (χ0v) is 9.40. The molecule has 0 aromatic heterocycles. The molecular formula is C13H19NO. The van der Waals surface area contributed by atoms with Crippen molar-refractivity contribution in [3.05, 3.63) is 42.0 Å². The van der Waals surface area contributed by atoms with Gasteiger partial charge in [0.2, 0.25) is 0 Å². The molecule has 1 aromatic rings. The Morgan fingerprint density at radius 3 is 2.27 bits per heavy atom. The lowest BCUT2D eigenvalue weighted by Crippen LogP contribution is -2.07. The second-order valence-corrected chi connectivity index (χ2v) is 3.82. The largest absolute Gasteiger partial charge is 0.394 e. The van der Waals surface area contributed by atoms with Crippen molar-refractivity contribution in [1.82, 2.24) is 5.32 Å². The molecule has 0 unspecified atom stereocenters. The molecule has 2 heteroatoms. The topological polar surface area (TPSA) is 32.3 Å². The molecule has 0 bridgehead atoms. The molecule has 15 heavy (non-hydrogen) atoms. The zero-order valence-electron chi connectivity index (χ0n) is 9.40. The molecule has 2 nitrogen and oxygen atoms in total. The average Bonchev–Trinajstić information content (AvgIpc) is 2.71. The second-order valence-electron chi connectivity index (χ2n) is 3.82. The number of aliphatic hydroxyl groups excluding tert-OH is 1. The van der Waals surface area contributed by atoms with Crippen LogP contribution in [0, 0.1) is 0 Å². The van der Waals surface area contributed by atoms with E-state index in [0.29, 0.717) is 0 Å². The Morgan fingerprint density at radius 2 is 1.80 bits per heavy atom. The molecule has 0 saturated heterocycles. The van der Waals surface area contributed by atoms with Gasteiger partial charge in [-0.15, -0.1) is 0 Å². The van der Waals surface area contributed by atoms with E-state index in [-0.39, 0.29) is 6.10 Å². The quantitative estimate of drug-likeness (QED) is 0.735. The highest BCUT2D eigenvalue weighted by Gasteiger charge is 2.03. The van der Waals surface area contributed by atoms with E-state index in [9.17, 15) is 0 Å². The summed E-state index contributed by atoms with van der Waals surface area (Å²) in [6, 6.07) is 10.5. The van der Waals surface area contributed by atoms with Crippen LogP contribution in [0.15, 0.2) is 36.4 Å². The van der Waals surface area contributed by atoms with Gasteiger partial charge in [0.15, 0.2) is 0 Å². The van der Waals surface area contributed by atoms with Crippen molar-refractivity contribution < 1.29 is 5.11 Å². The van der Waals surface area contributed by atoms with Crippen LogP contribution >= 0.6 is 0 Å². The van der Waals surface area contributed by atoms with E-state index in [2.05, 4.69) is 35.7 Å². The summed E-state index contributed by atoms with van der Waals surface area (Å²) in [4.78, 5) is 0. The van der Waals surface area contributed by atoms with Crippen molar-refractivity contribution in [2.75, 3.05) is 13.1 Å². The fourth-order valence-corrected chi connectivity index (χ4v) is 1.35. The van der Waals surface area contributed by atoms with Gasteiger partial charge in [-0.05, 0) is 25.0 Å². The third kappa shape index (κ3) is 4.77. The molecule has 1 aliphatic rings. The van der Waals surface area contributed by atoms with Crippen LogP contribution in [0.1, 0.15) is 19.4 Å². The third-order valence-electron chi connectivity index (χ3n) is 1.95. The Morgan fingerprint density at radius 1 is 1.20 bits per heavy atom. The number of nitrogens with one attached hydrogen (secondary N) is 1. The second kappa shape index (κ2) is 6.38. The third-order valence-corrected chi connectivity index (χ3v) is 1.95. The normalized spacial score (nSPS) is 14.5. The number of rotatable bonds is 1. The SMILES string of the molecule is C1=C(c2ccccc2)CNC1.CC(C)O. The van der Waals surface area contributed by atoms with Crippen molar-refractivity contribution in [3.8, 4) is 0 Å². The van der Waals surface area contributed by atoms with Gasteiger partial charge in [0, 0.05) is 19.2 Å². The molecule has 1 heterocycles. The first-order valence-electron chi connectivity index (χ1n) is 5.33. The van der Waals surface area contributed by atoms with Crippen molar-refractivity contribution in [2.24, 2.45) is 0 Å². The van der Waals surface area contributed by atoms with E-state index < -0.39 is 0 Å². The zero-order chi connectivity index (χ0) is 11.1. The van der Waals surface area contributed by atoms with Crippen LogP contribution in [-0.4, -0.2) is 24.3 Å². The molecule has 0 spiro atoms. The molecule has 82 valence electrons. The number of benzene rings is 1. The highest BCUT2D eigenvalue weighted by atomic mass is 16.3. The Labute approximate surface area is 91.6 Å². The lowest BCUT2D eigenvalue weighted by atomic mass is 10.1. The van der Waals surface area contributed by atoms with Gasteiger partial charge in [-0.3, -0.25) is 0 Å². The summed E-state index contributed by atoms with van der Waals surface area (Å²) < 4.78 is 0. The highest BCUT2D eigenvalue weighted by Crippen LogP contribution is 2.14. The minimum absolute atomic E-state index is 0.167. The van der Waals surface area contributed by atoms with Crippen molar-refractivity contribution in [1.29, 1.82) is 0 Å². The maximum Gasteiger partial charge on any atom is 0.0483 e. The molecule has 2 N–H and O–H groups in total. The van der Waals surface area contributed by atoms with Crippen LogP contribution < -0.4 is 5.32 Å². The molecule has 0 fully saturated rings. The molecule has 0 atom stereocenters. The first-order valence-corrected chi connectivity index (χ1v) is 5.33. The standard InChI is InChI=1S/C10H11N.C3H8O/c1-2-4-9(5-3-1)10-6-7-11-8-10;1-3(2)4/h1-6,11H,7-8H2;3-4H,1-2H3. The summed E-state index contributed by atoms with van der Waals surface area (Å²) in [7, 11) is 0. The monoisotopic (exact) mass is 205 g/mol. The predicted molar refractivity (Wildman–Crippen MR) is 64.6 cm³/mol. The van der Waals surface area contributed by atoms with E-state index in [1.807, 2.05) is 6.07 Å². The summed E-state index contributed by atoms with van der Waals surface area (Å²) in [5, 5.41) is 11.3.